The second-order valence-corrected chi connectivity index (χ2v) is 9.15. The molecule has 0 saturated carbocycles. The first-order chi connectivity index (χ1) is 11.4. The fraction of sp³-hybridized carbons (Fsp3) is 0.444. The van der Waals surface area contributed by atoms with E-state index in [9.17, 15) is 8.42 Å². The van der Waals surface area contributed by atoms with Crippen molar-refractivity contribution in [2.24, 2.45) is 0 Å². The van der Waals surface area contributed by atoms with Gasteiger partial charge in [-0.2, -0.15) is 0 Å². The highest BCUT2D eigenvalue weighted by molar-refractivity contribution is 7.89. The molecule has 2 aromatic rings. The van der Waals surface area contributed by atoms with E-state index < -0.39 is 10.0 Å². The zero-order valence-electron chi connectivity index (χ0n) is 14.0. The van der Waals surface area contributed by atoms with Crippen molar-refractivity contribution in [2.45, 2.75) is 37.0 Å². The Morgan fingerprint density at radius 2 is 1.96 bits per heavy atom. The van der Waals surface area contributed by atoms with Crippen molar-refractivity contribution in [1.82, 2.24) is 4.72 Å². The highest BCUT2D eigenvalue weighted by Gasteiger charge is 2.36. The minimum Gasteiger partial charge on any atom is -0.381 e. The van der Waals surface area contributed by atoms with E-state index in [4.69, 9.17) is 4.74 Å². The van der Waals surface area contributed by atoms with E-state index in [-0.39, 0.29) is 5.41 Å². The topological polar surface area (TPSA) is 55.4 Å². The summed E-state index contributed by atoms with van der Waals surface area (Å²) in [6.45, 7) is 5.49. The summed E-state index contributed by atoms with van der Waals surface area (Å²) < 4.78 is 34.0. The molecule has 0 amide bonds. The Hall–Kier alpha value is -1.21. The van der Waals surface area contributed by atoms with Gasteiger partial charge in [-0.15, -0.1) is 11.3 Å². The third-order valence-electron chi connectivity index (χ3n) is 4.73. The Balaban J connectivity index is 1.85. The summed E-state index contributed by atoms with van der Waals surface area (Å²) >= 11 is 1.69. The molecule has 3 rings (SSSR count). The van der Waals surface area contributed by atoms with Crippen molar-refractivity contribution in [3.63, 3.8) is 0 Å². The Labute approximate surface area is 147 Å². The van der Waals surface area contributed by atoms with E-state index in [0.717, 1.165) is 24.0 Å². The number of sulfonamides is 1. The van der Waals surface area contributed by atoms with Crippen molar-refractivity contribution in [3.05, 3.63) is 51.7 Å². The van der Waals surface area contributed by atoms with Crippen LogP contribution in [0.2, 0.25) is 0 Å². The lowest BCUT2D eigenvalue weighted by atomic mass is 9.79. The number of thiophene rings is 1. The van der Waals surface area contributed by atoms with Crippen LogP contribution in [0.5, 0.6) is 0 Å². The van der Waals surface area contributed by atoms with Crippen molar-refractivity contribution in [2.75, 3.05) is 19.8 Å². The minimum absolute atomic E-state index is 0.169. The summed E-state index contributed by atoms with van der Waals surface area (Å²) in [5, 5.41) is 2.05. The summed E-state index contributed by atoms with van der Waals surface area (Å²) in [5.41, 5.74) is 1.54. The molecule has 24 heavy (non-hydrogen) atoms. The number of rotatable bonds is 5. The van der Waals surface area contributed by atoms with Crippen LogP contribution in [0.15, 0.2) is 40.6 Å². The van der Waals surface area contributed by atoms with E-state index in [2.05, 4.69) is 10.8 Å². The van der Waals surface area contributed by atoms with Gasteiger partial charge in [0.2, 0.25) is 10.0 Å². The van der Waals surface area contributed by atoms with E-state index in [0.29, 0.717) is 24.7 Å². The Bertz CT molecular complexity index is 792. The summed E-state index contributed by atoms with van der Waals surface area (Å²) in [4.78, 5) is 1.60. The molecule has 1 saturated heterocycles. The van der Waals surface area contributed by atoms with E-state index in [1.165, 1.54) is 4.88 Å². The summed E-state index contributed by atoms with van der Waals surface area (Å²) in [5.74, 6) is 0. The average Bonchev–Trinajstić information content (AvgIpc) is 3.11. The van der Waals surface area contributed by atoms with Gasteiger partial charge >= 0.3 is 0 Å². The van der Waals surface area contributed by atoms with Gasteiger partial charge < -0.3 is 4.74 Å². The number of hydrogen-bond donors (Lipinski definition) is 1. The van der Waals surface area contributed by atoms with Crippen LogP contribution in [0.4, 0.5) is 0 Å². The molecule has 1 aliphatic rings. The van der Waals surface area contributed by atoms with Gasteiger partial charge in [0.25, 0.3) is 0 Å². The van der Waals surface area contributed by atoms with Crippen LogP contribution in [0, 0.1) is 13.8 Å². The van der Waals surface area contributed by atoms with Gasteiger partial charge in [-0.25, -0.2) is 13.1 Å². The van der Waals surface area contributed by atoms with Crippen molar-refractivity contribution in [1.29, 1.82) is 0 Å². The molecule has 130 valence electrons. The molecule has 0 radical (unpaired) electrons. The molecule has 0 atom stereocenters. The van der Waals surface area contributed by atoms with Crippen LogP contribution in [0.25, 0.3) is 0 Å². The fourth-order valence-corrected chi connectivity index (χ4v) is 5.60. The molecule has 4 nitrogen and oxygen atoms in total. The smallest absolute Gasteiger partial charge is 0.240 e. The molecule has 6 heteroatoms. The van der Waals surface area contributed by atoms with Crippen LogP contribution < -0.4 is 4.72 Å². The maximum atomic E-state index is 12.8. The first kappa shape index (κ1) is 17.6. The van der Waals surface area contributed by atoms with Crippen LogP contribution in [0.1, 0.15) is 28.8 Å². The van der Waals surface area contributed by atoms with Crippen LogP contribution in [0.3, 0.4) is 0 Å². The zero-order chi connectivity index (χ0) is 17.2. The maximum Gasteiger partial charge on any atom is 0.240 e. The fourth-order valence-electron chi connectivity index (χ4n) is 3.16. The van der Waals surface area contributed by atoms with Crippen molar-refractivity contribution in [3.8, 4) is 0 Å². The predicted octanol–water partition coefficient (Wildman–Crippen LogP) is 3.39. The van der Waals surface area contributed by atoms with Gasteiger partial charge in [-0.05, 0) is 55.3 Å². The molecule has 1 aromatic heterocycles. The summed E-state index contributed by atoms with van der Waals surface area (Å²) in [6.07, 6.45) is 1.67. The Kier molecular flexibility index (Phi) is 5.11. The molecule has 1 aromatic carbocycles. The number of aryl methyl sites for hydroxylation is 2. The SMILES string of the molecule is Cc1ccc(C)c(S(=O)(=O)NCC2(c3cccs3)CCOCC2)c1. The van der Waals surface area contributed by atoms with Gasteiger partial charge in [0.1, 0.15) is 0 Å². The quantitative estimate of drug-likeness (QED) is 0.884. The Morgan fingerprint density at radius 3 is 2.62 bits per heavy atom. The molecule has 1 fully saturated rings. The Morgan fingerprint density at radius 1 is 1.21 bits per heavy atom. The number of ether oxygens (including phenoxy) is 1. The lowest BCUT2D eigenvalue weighted by molar-refractivity contribution is 0.0529. The van der Waals surface area contributed by atoms with Crippen molar-refractivity contribution < 1.29 is 13.2 Å². The van der Waals surface area contributed by atoms with Gasteiger partial charge in [-0.1, -0.05) is 18.2 Å². The van der Waals surface area contributed by atoms with Crippen LogP contribution in [-0.2, 0) is 20.2 Å². The van der Waals surface area contributed by atoms with Gasteiger partial charge in [0.15, 0.2) is 0 Å². The number of hydrogen-bond acceptors (Lipinski definition) is 4. The molecule has 0 unspecified atom stereocenters. The predicted molar refractivity (Wildman–Crippen MR) is 97.2 cm³/mol. The largest absolute Gasteiger partial charge is 0.381 e. The molecule has 1 N–H and O–H groups in total. The minimum atomic E-state index is -3.53. The lowest BCUT2D eigenvalue weighted by Gasteiger charge is -2.36. The monoisotopic (exact) mass is 365 g/mol. The van der Waals surface area contributed by atoms with Crippen LogP contribution >= 0.6 is 11.3 Å². The van der Waals surface area contributed by atoms with E-state index in [1.54, 1.807) is 17.4 Å². The lowest BCUT2D eigenvalue weighted by Crippen LogP contribution is -2.44. The molecule has 1 aliphatic heterocycles. The second-order valence-electron chi connectivity index (χ2n) is 6.46. The molecule has 2 heterocycles. The molecular formula is C18H23NO3S2. The number of nitrogens with one attached hydrogen (secondary N) is 1. The third kappa shape index (κ3) is 3.57. The third-order valence-corrected chi connectivity index (χ3v) is 7.39. The molecule has 0 bridgehead atoms. The summed E-state index contributed by atoms with van der Waals surface area (Å²) in [7, 11) is -3.53. The first-order valence-corrected chi connectivity index (χ1v) is 10.5. The molecular weight excluding hydrogens is 342 g/mol. The first-order valence-electron chi connectivity index (χ1n) is 8.12. The number of benzene rings is 1. The molecule has 0 spiro atoms. The average molecular weight is 366 g/mol. The van der Waals surface area contributed by atoms with Crippen molar-refractivity contribution >= 4 is 21.4 Å². The summed E-state index contributed by atoms with van der Waals surface area (Å²) in [6, 6.07) is 9.64. The van der Waals surface area contributed by atoms with Gasteiger partial charge in [0, 0.05) is 30.1 Å². The van der Waals surface area contributed by atoms with Gasteiger partial charge in [-0.3, -0.25) is 0 Å². The highest BCUT2D eigenvalue weighted by Crippen LogP contribution is 2.37. The van der Waals surface area contributed by atoms with Crippen LogP contribution in [-0.4, -0.2) is 28.2 Å². The van der Waals surface area contributed by atoms with Gasteiger partial charge in [0.05, 0.1) is 4.90 Å². The second kappa shape index (κ2) is 6.96. The van der Waals surface area contributed by atoms with E-state index in [1.807, 2.05) is 37.4 Å². The standard InChI is InChI=1S/C18H23NO3S2/c1-14-5-6-15(2)16(12-14)24(20,21)19-13-18(7-9-22-10-8-18)17-4-3-11-23-17/h3-6,11-12,19H,7-10,13H2,1-2H3. The highest BCUT2D eigenvalue weighted by atomic mass is 32.2. The zero-order valence-corrected chi connectivity index (χ0v) is 15.7. The maximum absolute atomic E-state index is 12.8. The molecule has 0 aliphatic carbocycles. The van der Waals surface area contributed by atoms with E-state index >= 15 is 0 Å². The normalized spacial score (nSPS) is 17.8.